The van der Waals surface area contributed by atoms with Crippen molar-refractivity contribution in [2.75, 3.05) is 105 Å². The quantitative estimate of drug-likeness (QED) is 0.0359. The van der Waals surface area contributed by atoms with Gasteiger partial charge in [-0.25, -0.2) is 24.2 Å². The van der Waals surface area contributed by atoms with Crippen LogP contribution < -0.4 is 20.0 Å². The van der Waals surface area contributed by atoms with E-state index in [0.717, 1.165) is 108 Å². The standard InChI is InChI=1S/C26H34N4O4.C20H28N2O5.C16H18N2O4.C14H16N2O3/c1-18(2)34-25(33)28-16-26(17-28)19-9-3-5-11-21(19)30(24(26)32)15-23-27-20-10-4-6-12-22(20)29(23)13-7-8-14-31;1-5-25-17(26-6-2)11-22-16-10-8-7-9-15(16)20(18(22)23)12-21(13-20)19(24)27-14(3)4;1-11(2)22-15(21)17-9-16(10-17)12-5-3-4-6-13(12)18(7-8-19)14(16)20;1-9(2)19-13(18)16-7-14(8-16)10-5-3-4-6-11(10)15-12(14)17/h3,5,9,11,18,31H,4,6-8,10,12-17H2,1-2H3;7-10,14,17H,5-6,11-13H2,1-4H3;3-6,8,11H,7,9-10H2,1-2H3;3-6,9H,7-8H2,1-2H3,(H,15,17). The molecule has 4 saturated heterocycles. The number of hydrogen-bond donors (Lipinski definition) is 2. The minimum Gasteiger partial charge on any atom is -0.447 e. The number of nitrogens with one attached hydrogen (secondary N) is 1. The molecule has 4 spiro atoms. The first-order valence-corrected chi connectivity index (χ1v) is 35.7. The van der Waals surface area contributed by atoms with Crippen LogP contribution in [0.1, 0.15) is 134 Å². The van der Waals surface area contributed by atoms with Crippen molar-refractivity contribution in [3.63, 3.8) is 0 Å². The van der Waals surface area contributed by atoms with Gasteiger partial charge >= 0.3 is 24.4 Å². The number of fused-ring (bicyclic) bond motifs is 9. The van der Waals surface area contributed by atoms with E-state index in [9.17, 15) is 48.3 Å². The predicted molar refractivity (Wildman–Crippen MR) is 378 cm³/mol. The molecule has 0 radical (unpaired) electrons. The number of aliphatic hydroxyl groups excluding tert-OH is 1. The third-order valence-corrected chi connectivity index (χ3v) is 20.0. The van der Waals surface area contributed by atoms with Crippen LogP contribution in [0.25, 0.3) is 0 Å². The van der Waals surface area contributed by atoms with Gasteiger partial charge in [0.2, 0.25) is 23.6 Å². The Morgan fingerprint density at radius 1 is 0.520 bits per heavy atom. The van der Waals surface area contributed by atoms with Gasteiger partial charge in [-0.3, -0.25) is 19.2 Å². The molecule has 2 N–H and O–H groups in total. The number of anilines is 4. The van der Waals surface area contributed by atoms with E-state index in [-0.39, 0.29) is 79.5 Å². The Hall–Kier alpha value is -9.40. The van der Waals surface area contributed by atoms with Crippen LogP contribution in [0, 0.1) is 0 Å². The molecule has 1 aromatic heterocycles. The number of ether oxygens (including phenoxy) is 6. The molecule has 0 saturated carbocycles. The molecular weight excluding hydrogens is 1310 g/mol. The second kappa shape index (κ2) is 30.7. The number of nitrogens with zero attached hydrogens (tertiary/aromatic N) is 9. The summed E-state index contributed by atoms with van der Waals surface area (Å²) in [7, 11) is 0. The van der Waals surface area contributed by atoms with E-state index in [1.807, 2.05) is 157 Å². The van der Waals surface area contributed by atoms with Crippen LogP contribution in [0.5, 0.6) is 0 Å². The highest BCUT2D eigenvalue weighted by molar-refractivity contribution is 6.13. The van der Waals surface area contributed by atoms with Crippen LogP contribution in [0.3, 0.4) is 0 Å². The number of amides is 8. The number of benzene rings is 4. The lowest BCUT2D eigenvalue weighted by molar-refractivity contribution is -0.139. The summed E-state index contributed by atoms with van der Waals surface area (Å²) >= 11 is 0. The fourth-order valence-electron chi connectivity index (χ4n) is 15.3. The maximum Gasteiger partial charge on any atom is 0.410 e. The first kappa shape index (κ1) is 73.8. The second-order valence-electron chi connectivity index (χ2n) is 28.5. The summed E-state index contributed by atoms with van der Waals surface area (Å²) in [6.07, 6.45) is 3.98. The average molecular weight is 1410 g/mol. The summed E-state index contributed by atoms with van der Waals surface area (Å²) in [5.74, 6) is 0.795. The van der Waals surface area contributed by atoms with Gasteiger partial charge in [0.15, 0.2) is 6.29 Å². The highest BCUT2D eigenvalue weighted by Crippen LogP contribution is 2.51. The van der Waals surface area contributed by atoms with E-state index in [1.54, 1.807) is 33.4 Å². The van der Waals surface area contributed by atoms with E-state index in [4.69, 9.17) is 33.4 Å². The number of carbonyl (C=O) groups is 9. The van der Waals surface area contributed by atoms with Gasteiger partial charge < -0.3 is 82.5 Å². The van der Waals surface area contributed by atoms with Gasteiger partial charge in [-0.1, -0.05) is 72.8 Å². The molecule has 4 aromatic carbocycles. The molecule has 9 aliphatic rings. The van der Waals surface area contributed by atoms with Gasteiger partial charge in [0.1, 0.15) is 33.8 Å². The van der Waals surface area contributed by atoms with Crippen LogP contribution in [0.4, 0.5) is 41.9 Å². The number of para-hydroxylation sites is 4. The number of rotatable bonds is 18. The van der Waals surface area contributed by atoms with Crippen molar-refractivity contribution in [3.8, 4) is 0 Å². The fourth-order valence-corrected chi connectivity index (χ4v) is 15.3. The van der Waals surface area contributed by atoms with Gasteiger partial charge in [0, 0.05) is 107 Å². The van der Waals surface area contributed by atoms with Crippen molar-refractivity contribution in [1.29, 1.82) is 0 Å². The molecule has 1 aliphatic carbocycles. The van der Waals surface area contributed by atoms with Gasteiger partial charge in [-0.2, -0.15) is 0 Å². The Labute approximate surface area is 595 Å². The molecule has 26 heteroatoms. The summed E-state index contributed by atoms with van der Waals surface area (Å²) in [6, 6.07) is 30.7. The average Bonchev–Trinajstić information content (AvgIpc) is 1.56. The number of unbranched alkanes of at least 4 members (excludes halogenated alkanes) is 1. The SMILES string of the molecule is CC(C)OC(=O)N1CC2(C1)C(=O)N(CC=O)c1ccccc12.CC(C)OC(=O)N1CC2(C1)C(=O)N(Cc1nc3c(n1CCCCO)CCCC3)c1ccccc12.CC(C)OC(=O)N1CC2(C1)C(=O)Nc1ccccc12.CCOC(CN1C(=O)C2(CN(C(=O)OC(C)C)C2)c2ccccc21)OCC. The molecule has 546 valence electrons. The van der Waals surface area contributed by atoms with E-state index >= 15 is 0 Å². The molecule has 0 unspecified atom stereocenters. The predicted octanol–water partition coefficient (Wildman–Crippen LogP) is 8.78. The summed E-state index contributed by atoms with van der Waals surface area (Å²) < 4.78 is 34.4. The van der Waals surface area contributed by atoms with Crippen molar-refractivity contribution in [1.82, 2.24) is 29.2 Å². The van der Waals surface area contributed by atoms with Crippen LogP contribution >= 0.6 is 0 Å². The van der Waals surface area contributed by atoms with E-state index < -0.39 is 34.0 Å². The Bertz CT molecular complexity index is 3950. The zero-order chi connectivity index (χ0) is 73.0. The number of imidazole rings is 1. The van der Waals surface area contributed by atoms with Crippen LogP contribution in [0.2, 0.25) is 0 Å². The van der Waals surface area contributed by atoms with Gasteiger partial charge in [0.25, 0.3) is 0 Å². The number of likely N-dealkylation sites (tertiary alicyclic amines) is 4. The highest BCUT2D eigenvalue weighted by Gasteiger charge is 2.63. The molecule has 26 nitrogen and oxygen atoms in total. The summed E-state index contributed by atoms with van der Waals surface area (Å²) in [5, 5.41) is 12.1. The molecule has 0 atom stereocenters. The lowest BCUT2D eigenvalue weighted by Gasteiger charge is -2.46. The zero-order valence-corrected chi connectivity index (χ0v) is 60.1. The topological polar surface area (TPSA) is 282 Å². The lowest BCUT2D eigenvalue weighted by Crippen LogP contribution is -2.65. The largest absolute Gasteiger partial charge is 0.447 e. The minimum absolute atomic E-state index is 0.0123. The summed E-state index contributed by atoms with van der Waals surface area (Å²) in [5.41, 5.74) is 6.93. The molecule has 8 amide bonds. The van der Waals surface area contributed by atoms with E-state index in [2.05, 4.69) is 9.88 Å². The number of hydrogen-bond acceptors (Lipinski definition) is 17. The number of aliphatic hydroxyl groups is 1. The monoisotopic (exact) mass is 1400 g/mol. The van der Waals surface area contributed by atoms with E-state index in [1.165, 1.54) is 15.5 Å². The molecule has 8 aliphatic heterocycles. The summed E-state index contributed by atoms with van der Waals surface area (Å²) in [4.78, 5) is 128. The third kappa shape index (κ3) is 14.0. The highest BCUT2D eigenvalue weighted by atomic mass is 16.7. The molecule has 4 fully saturated rings. The first-order valence-electron chi connectivity index (χ1n) is 35.7. The first-order chi connectivity index (χ1) is 48.9. The molecule has 5 aromatic rings. The van der Waals surface area contributed by atoms with Crippen molar-refractivity contribution < 1.29 is 76.7 Å². The maximum absolute atomic E-state index is 13.9. The normalized spacial score (nSPS) is 18.3. The number of aromatic nitrogens is 2. The van der Waals surface area contributed by atoms with Crippen molar-refractivity contribution in [2.45, 2.75) is 173 Å². The smallest absolute Gasteiger partial charge is 0.410 e. The van der Waals surface area contributed by atoms with Gasteiger partial charge in [-0.15, -0.1) is 0 Å². The van der Waals surface area contributed by atoms with Crippen LogP contribution in [-0.2, 0) is 100.0 Å². The second-order valence-corrected chi connectivity index (χ2v) is 28.5. The van der Waals surface area contributed by atoms with Gasteiger partial charge in [-0.05, 0) is 154 Å². The van der Waals surface area contributed by atoms with Crippen LogP contribution in [0.15, 0.2) is 97.1 Å². The maximum atomic E-state index is 13.9. The fraction of sp³-hybridized carbons (Fsp3) is 0.526. The Balaban J connectivity index is 0.000000140. The summed E-state index contributed by atoms with van der Waals surface area (Å²) in [6.45, 7) is 23.8. The van der Waals surface area contributed by atoms with Gasteiger partial charge in [0.05, 0.1) is 49.7 Å². The third-order valence-electron chi connectivity index (χ3n) is 20.0. The molecular formula is C76H96N10O16. The Morgan fingerprint density at radius 2 is 0.912 bits per heavy atom. The number of carbonyl (C=O) groups excluding carboxylic acids is 9. The Kier molecular flexibility index (Phi) is 22.2. The molecule has 9 heterocycles. The minimum atomic E-state index is -0.727. The van der Waals surface area contributed by atoms with E-state index in [0.29, 0.717) is 78.7 Å². The molecule has 14 rings (SSSR count). The van der Waals surface area contributed by atoms with Crippen LogP contribution in [-0.4, -0.2) is 205 Å². The number of aryl methyl sites for hydroxylation is 1. The molecule has 0 bridgehead atoms. The lowest BCUT2D eigenvalue weighted by atomic mass is 9.75. The molecule has 102 heavy (non-hydrogen) atoms. The zero-order valence-electron chi connectivity index (χ0n) is 60.1. The Morgan fingerprint density at radius 3 is 1.35 bits per heavy atom. The van der Waals surface area contributed by atoms with Crippen molar-refractivity contribution in [3.05, 3.63) is 137 Å². The van der Waals surface area contributed by atoms with Crippen molar-refractivity contribution in [2.24, 2.45) is 0 Å². The van der Waals surface area contributed by atoms with Crippen molar-refractivity contribution >= 4 is 77.0 Å². The number of aldehydes is 1.